The zero-order chi connectivity index (χ0) is 13.5. The Bertz CT molecular complexity index is 780. The Hall–Kier alpha value is -2.02. The molecule has 0 unspecified atom stereocenters. The monoisotopic (exact) mass is 261 g/mol. The summed E-state index contributed by atoms with van der Waals surface area (Å²) < 4.78 is 2.36. The van der Waals surface area contributed by atoms with Crippen LogP contribution in [-0.2, 0) is 19.4 Å². The molecular formula is C19H19N. The average molecular weight is 261 g/mol. The van der Waals surface area contributed by atoms with Crippen molar-refractivity contribution in [3.05, 3.63) is 70.9 Å². The Balaban J connectivity index is 1.72. The Kier molecular flexibility index (Phi) is 2.66. The molecule has 1 heteroatoms. The molecule has 0 radical (unpaired) electrons. The largest absolute Gasteiger partial charge is 0.343 e. The maximum atomic E-state index is 2.41. The van der Waals surface area contributed by atoms with E-state index in [2.05, 4.69) is 60.2 Å². The van der Waals surface area contributed by atoms with Crippen molar-refractivity contribution in [3.63, 3.8) is 0 Å². The van der Waals surface area contributed by atoms with Gasteiger partial charge in [-0.15, -0.1) is 0 Å². The van der Waals surface area contributed by atoms with E-state index in [1.807, 2.05) is 0 Å². The topological polar surface area (TPSA) is 4.93 Å². The maximum Gasteiger partial charge on any atom is 0.0486 e. The van der Waals surface area contributed by atoms with E-state index in [4.69, 9.17) is 0 Å². The molecule has 0 saturated carbocycles. The van der Waals surface area contributed by atoms with Crippen LogP contribution in [0.25, 0.3) is 10.9 Å². The van der Waals surface area contributed by atoms with Gasteiger partial charge in [0.25, 0.3) is 0 Å². The van der Waals surface area contributed by atoms with Crippen LogP contribution in [0.2, 0.25) is 0 Å². The molecule has 1 aromatic heterocycles. The molecule has 1 nitrogen and oxygen atoms in total. The van der Waals surface area contributed by atoms with Crippen molar-refractivity contribution >= 4 is 10.9 Å². The summed E-state index contributed by atoms with van der Waals surface area (Å²) in [6, 6.07) is 15.8. The maximum absolute atomic E-state index is 2.41. The van der Waals surface area contributed by atoms with Gasteiger partial charge >= 0.3 is 0 Å². The van der Waals surface area contributed by atoms with Crippen molar-refractivity contribution in [2.75, 3.05) is 0 Å². The lowest BCUT2D eigenvalue weighted by molar-refractivity contribution is 0.834. The van der Waals surface area contributed by atoms with E-state index >= 15 is 0 Å². The van der Waals surface area contributed by atoms with Crippen LogP contribution in [0.15, 0.2) is 48.7 Å². The number of nitrogens with zero attached hydrogens (tertiary/aromatic N) is 1. The summed E-state index contributed by atoms with van der Waals surface area (Å²) in [7, 11) is 0. The molecule has 0 N–H and O–H groups in total. The molecule has 1 aliphatic carbocycles. The predicted octanol–water partition coefficient (Wildman–Crippen LogP) is 4.49. The fourth-order valence-electron chi connectivity index (χ4n) is 3.44. The second-order valence-corrected chi connectivity index (χ2v) is 5.91. The first-order chi connectivity index (χ1) is 9.81. The van der Waals surface area contributed by atoms with Crippen molar-refractivity contribution in [1.29, 1.82) is 0 Å². The van der Waals surface area contributed by atoms with Crippen LogP contribution >= 0.6 is 0 Å². The van der Waals surface area contributed by atoms with E-state index in [-0.39, 0.29) is 0 Å². The van der Waals surface area contributed by atoms with Gasteiger partial charge in [-0.25, -0.2) is 0 Å². The van der Waals surface area contributed by atoms with Gasteiger partial charge < -0.3 is 4.57 Å². The summed E-state index contributed by atoms with van der Waals surface area (Å²) in [5, 5.41) is 1.37. The number of rotatable bonds is 2. The average Bonchev–Trinajstić information content (AvgIpc) is 3.06. The van der Waals surface area contributed by atoms with Gasteiger partial charge in [-0.05, 0) is 60.6 Å². The van der Waals surface area contributed by atoms with Gasteiger partial charge in [0.15, 0.2) is 0 Å². The van der Waals surface area contributed by atoms with Crippen molar-refractivity contribution in [1.82, 2.24) is 4.57 Å². The Morgan fingerprint density at radius 3 is 2.85 bits per heavy atom. The van der Waals surface area contributed by atoms with Gasteiger partial charge in [-0.2, -0.15) is 0 Å². The molecule has 2 aromatic carbocycles. The number of fused-ring (bicyclic) bond motifs is 2. The zero-order valence-corrected chi connectivity index (χ0v) is 11.9. The summed E-state index contributed by atoms with van der Waals surface area (Å²) in [5.74, 6) is 0. The first-order valence-corrected chi connectivity index (χ1v) is 7.46. The van der Waals surface area contributed by atoms with Gasteiger partial charge in [-0.3, -0.25) is 0 Å². The molecule has 20 heavy (non-hydrogen) atoms. The van der Waals surface area contributed by atoms with Gasteiger partial charge in [0, 0.05) is 23.6 Å². The second kappa shape index (κ2) is 4.52. The van der Waals surface area contributed by atoms with Crippen LogP contribution in [0.4, 0.5) is 0 Å². The minimum atomic E-state index is 0.972. The van der Waals surface area contributed by atoms with Crippen LogP contribution < -0.4 is 0 Å². The highest BCUT2D eigenvalue weighted by Gasteiger charge is 2.11. The quantitative estimate of drug-likeness (QED) is 0.640. The van der Waals surface area contributed by atoms with Gasteiger partial charge in [0.1, 0.15) is 0 Å². The highest BCUT2D eigenvalue weighted by molar-refractivity contribution is 5.83. The molecule has 0 aliphatic heterocycles. The Morgan fingerprint density at radius 1 is 1.00 bits per heavy atom. The summed E-state index contributed by atoms with van der Waals surface area (Å²) >= 11 is 0. The third-order valence-corrected chi connectivity index (χ3v) is 4.55. The minimum Gasteiger partial charge on any atom is -0.343 e. The number of benzene rings is 2. The smallest absolute Gasteiger partial charge is 0.0486 e. The van der Waals surface area contributed by atoms with Gasteiger partial charge in [0.2, 0.25) is 0 Å². The van der Waals surface area contributed by atoms with E-state index in [0.29, 0.717) is 0 Å². The summed E-state index contributed by atoms with van der Waals surface area (Å²) in [5.41, 5.74) is 7.24. The lowest BCUT2D eigenvalue weighted by atomic mass is 10.1. The SMILES string of the molecule is Cc1cccc2c1ccn2Cc1ccc2c(c1)CCC2. The molecule has 0 saturated heterocycles. The van der Waals surface area contributed by atoms with E-state index < -0.39 is 0 Å². The predicted molar refractivity (Wildman–Crippen MR) is 84.2 cm³/mol. The van der Waals surface area contributed by atoms with Crippen LogP contribution in [0, 0.1) is 6.92 Å². The molecule has 0 atom stereocenters. The Morgan fingerprint density at radius 2 is 1.90 bits per heavy atom. The fraction of sp³-hybridized carbons (Fsp3) is 0.263. The standard InChI is InChI=1S/C19H19N/c1-14-4-2-7-19-18(14)10-11-20(19)13-15-8-9-16-5-3-6-17(16)12-15/h2,4,7-12H,3,5-6,13H2,1H3. The number of hydrogen-bond donors (Lipinski definition) is 0. The van der Waals surface area contributed by atoms with Crippen molar-refractivity contribution in [3.8, 4) is 0 Å². The van der Waals surface area contributed by atoms with E-state index in [1.165, 1.54) is 41.3 Å². The highest BCUT2D eigenvalue weighted by atomic mass is 14.9. The highest BCUT2D eigenvalue weighted by Crippen LogP contribution is 2.25. The number of hydrogen-bond acceptors (Lipinski definition) is 0. The lowest BCUT2D eigenvalue weighted by Crippen LogP contribution is -1.99. The summed E-state index contributed by atoms with van der Waals surface area (Å²) in [6.07, 6.45) is 6.06. The zero-order valence-electron chi connectivity index (χ0n) is 11.9. The number of aryl methyl sites for hydroxylation is 3. The van der Waals surface area contributed by atoms with E-state index in [9.17, 15) is 0 Å². The molecule has 0 spiro atoms. The van der Waals surface area contributed by atoms with Crippen molar-refractivity contribution < 1.29 is 0 Å². The second-order valence-electron chi connectivity index (χ2n) is 5.91. The molecule has 0 bridgehead atoms. The van der Waals surface area contributed by atoms with E-state index in [0.717, 1.165) is 6.54 Å². The normalized spacial score (nSPS) is 13.8. The Labute approximate surface area is 119 Å². The fourth-order valence-corrected chi connectivity index (χ4v) is 3.44. The lowest BCUT2D eigenvalue weighted by Gasteiger charge is -2.08. The first kappa shape index (κ1) is 11.8. The molecule has 4 rings (SSSR count). The van der Waals surface area contributed by atoms with E-state index in [1.54, 1.807) is 11.1 Å². The van der Waals surface area contributed by atoms with Crippen molar-refractivity contribution in [2.45, 2.75) is 32.7 Å². The third-order valence-electron chi connectivity index (χ3n) is 4.55. The molecule has 0 fully saturated rings. The molecule has 3 aromatic rings. The van der Waals surface area contributed by atoms with Gasteiger partial charge in [-0.1, -0.05) is 30.3 Å². The third kappa shape index (κ3) is 1.85. The van der Waals surface area contributed by atoms with Crippen LogP contribution in [0.5, 0.6) is 0 Å². The van der Waals surface area contributed by atoms with Crippen LogP contribution in [0.3, 0.4) is 0 Å². The number of aromatic nitrogens is 1. The first-order valence-electron chi connectivity index (χ1n) is 7.46. The summed E-state index contributed by atoms with van der Waals surface area (Å²) in [4.78, 5) is 0. The molecule has 0 amide bonds. The molecule has 1 heterocycles. The van der Waals surface area contributed by atoms with Gasteiger partial charge in [0.05, 0.1) is 0 Å². The van der Waals surface area contributed by atoms with Crippen LogP contribution in [-0.4, -0.2) is 4.57 Å². The molecule has 100 valence electrons. The molecule has 1 aliphatic rings. The van der Waals surface area contributed by atoms with Crippen molar-refractivity contribution in [2.24, 2.45) is 0 Å². The molecular weight excluding hydrogens is 242 g/mol. The summed E-state index contributed by atoms with van der Waals surface area (Å²) in [6.45, 7) is 3.16. The van der Waals surface area contributed by atoms with Crippen LogP contribution in [0.1, 0.15) is 28.7 Å². The minimum absolute atomic E-state index is 0.972.